The van der Waals surface area contributed by atoms with Crippen LogP contribution in [0.5, 0.6) is 5.75 Å². The number of allylic oxidation sites excluding steroid dienone is 1. The van der Waals surface area contributed by atoms with Crippen molar-refractivity contribution in [3.63, 3.8) is 0 Å². The van der Waals surface area contributed by atoms with Crippen LogP contribution in [0.3, 0.4) is 0 Å². The number of carbonyl (C=O) groups is 2. The molecule has 0 radical (unpaired) electrons. The van der Waals surface area contributed by atoms with Crippen LogP contribution < -0.4 is 10.1 Å². The van der Waals surface area contributed by atoms with E-state index in [2.05, 4.69) is 35.9 Å². The quantitative estimate of drug-likeness (QED) is 0.191. The monoisotopic (exact) mass is 540 g/mol. The largest absolute Gasteiger partial charge is 0.493 e. The van der Waals surface area contributed by atoms with Crippen molar-refractivity contribution in [3.8, 4) is 17.1 Å². The second-order valence-electron chi connectivity index (χ2n) is 9.18. The number of thioether (sulfide) groups is 1. The Morgan fingerprint density at radius 2 is 1.97 bits per heavy atom. The maximum atomic E-state index is 12.9. The molecule has 3 aromatic rings. The maximum Gasteiger partial charge on any atom is 0.341 e. The second kappa shape index (κ2) is 12.4. The molecule has 1 aromatic carbocycles. The zero-order chi connectivity index (χ0) is 26.4. The number of aryl methyl sites for hydroxylation is 1. The number of ether oxygens (including phenoxy) is 2. The van der Waals surface area contributed by atoms with Gasteiger partial charge in [-0.25, -0.2) is 4.79 Å². The predicted molar refractivity (Wildman–Crippen MR) is 148 cm³/mol. The third-order valence-corrected chi connectivity index (χ3v) is 8.04. The van der Waals surface area contributed by atoms with Crippen molar-refractivity contribution in [3.05, 3.63) is 52.9 Å². The summed E-state index contributed by atoms with van der Waals surface area (Å²) in [7, 11) is 1.37. The molecule has 8 nitrogen and oxygen atoms in total. The molecule has 1 amide bonds. The van der Waals surface area contributed by atoms with Crippen molar-refractivity contribution < 1.29 is 19.1 Å². The Bertz CT molecular complexity index is 1260. The number of fused-ring (bicyclic) bond motifs is 1. The first-order valence-corrected chi connectivity index (χ1v) is 14.1. The van der Waals surface area contributed by atoms with Crippen LogP contribution in [0, 0.1) is 5.92 Å². The molecule has 4 rings (SSSR count). The number of anilines is 1. The lowest BCUT2D eigenvalue weighted by molar-refractivity contribution is -0.113. The number of amides is 1. The smallest absolute Gasteiger partial charge is 0.341 e. The summed E-state index contributed by atoms with van der Waals surface area (Å²) in [6, 6.07) is 7.75. The number of hydrogen-bond acceptors (Lipinski definition) is 8. The first kappa shape index (κ1) is 26.9. The summed E-state index contributed by atoms with van der Waals surface area (Å²) < 4.78 is 12.7. The van der Waals surface area contributed by atoms with Crippen LogP contribution in [0.25, 0.3) is 11.4 Å². The van der Waals surface area contributed by atoms with E-state index in [1.165, 1.54) is 30.2 Å². The van der Waals surface area contributed by atoms with E-state index in [1.54, 1.807) is 6.08 Å². The fourth-order valence-corrected chi connectivity index (χ4v) is 6.17. The van der Waals surface area contributed by atoms with E-state index in [0.717, 1.165) is 47.4 Å². The Kier molecular flexibility index (Phi) is 9.04. The molecule has 0 unspecified atom stereocenters. The molecule has 2 aromatic heterocycles. The molecular formula is C27H32N4O4S2. The molecule has 0 aliphatic heterocycles. The Hall–Kier alpha value is -3.11. The summed E-state index contributed by atoms with van der Waals surface area (Å²) in [5, 5.41) is 12.8. The second-order valence-corrected chi connectivity index (χ2v) is 11.2. The van der Waals surface area contributed by atoms with E-state index >= 15 is 0 Å². The van der Waals surface area contributed by atoms with Crippen LogP contribution in [0.4, 0.5) is 5.00 Å². The van der Waals surface area contributed by atoms with Gasteiger partial charge >= 0.3 is 5.97 Å². The zero-order valence-corrected chi connectivity index (χ0v) is 23.0. The number of benzene rings is 1. The van der Waals surface area contributed by atoms with Crippen molar-refractivity contribution in [1.82, 2.24) is 14.8 Å². The summed E-state index contributed by atoms with van der Waals surface area (Å²) in [4.78, 5) is 26.5. The zero-order valence-electron chi connectivity index (χ0n) is 21.4. The van der Waals surface area contributed by atoms with Crippen LogP contribution in [-0.2, 0) is 28.9 Å². The van der Waals surface area contributed by atoms with Gasteiger partial charge in [0.1, 0.15) is 10.8 Å². The van der Waals surface area contributed by atoms with Crippen molar-refractivity contribution in [2.75, 3.05) is 24.8 Å². The van der Waals surface area contributed by atoms with Gasteiger partial charge < -0.3 is 14.8 Å². The molecule has 1 N–H and O–H groups in total. The third-order valence-electron chi connectivity index (χ3n) is 5.87. The van der Waals surface area contributed by atoms with Gasteiger partial charge in [0.2, 0.25) is 5.91 Å². The summed E-state index contributed by atoms with van der Waals surface area (Å²) in [5.74, 6) is 1.45. The molecule has 10 heteroatoms. The van der Waals surface area contributed by atoms with Gasteiger partial charge in [-0.2, -0.15) is 0 Å². The van der Waals surface area contributed by atoms with Crippen LogP contribution in [0.2, 0.25) is 0 Å². The number of thiophene rings is 1. The number of nitrogens with zero attached hydrogens (tertiary/aromatic N) is 3. The van der Waals surface area contributed by atoms with Gasteiger partial charge in [-0.1, -0.05) is 31.7 Å². The molecule has 0 bridgehead atoms. The maximum absolute atomic E-state index is 12.9. The average Bonchev–Trinajstić information content (AvgIpc) is 3.47. The number of aromatic nitrogens is 3. The summed E-state index contributed by atoms with van der Waals surface area (Å²) in [5.41, 5.74) is 2.41. The third kappa shape index (κ3) is 6.42. The van der Waals surface area contributed by atoms with Gasteiger partial charge in [0.05, 0.1) is 25.0 Å². The summed E-state index contributed by atoms with van der Waals surface area (Å²) >= 11 is 2.77. The average molecular weight is 541 g/mol. The SMILES string of the molecule is C=CCn1c(SCC(=O)Nc2sc3c(c2C(=O)OC)CCCC3)nnc1-c1ccc(OCC(C)C)cc1. The van der Waals surface area contributed by atoms with E-state index in [-0.39, 0.29) is 11.7 Å². The fourth-order valence-electron chi connectivity index (χ4n) is 4.13. The molecule has 196 valence electrons. The van der Waals surface area contributed by atoms with E-state index in [0.29, 0.717) is 40.6 Å². The normalized spacial score (nSPS) is 12.8. The molecule has 2 heterocycles. The Morgan fingerprint density at radius 3 is 2.68 bits per heavy atom. The van der Waals surface area contributed by atoms with Crippen LogP contribution in [0.1, 0.15) is 47.5 Å². The van der Waals surface area contributed by atoms with E-state index < -0.39 is 5.97 Å². The molecule has 0 atom stereocenters. The number of hydrogen-bond donors (Lipinski definition) is 1. The highest BCUT2D eigenvalue weighted by atomic mass is 32.2. The summed E-state index contributed by atoms with van der Waals surface area (Å²) in [6.45, 7) is 9.23. The van der Waals surface area contributed by atoms with E-state index in [4.69, 9.17) is 9.47 Å². The lowest BCUT2D eigenvalue weighted by atomic mass is 9.95. The highest BCUT2D eigenvalue weighted by Crippen LogP contribution is 2.38. The number of nitrogens with one attached hydrogen (secondary N) is 1. The Morgan fingerprint density at radius 1 is 1.22 bits per heavy atom. The lowest BCUT2D eigenvalue weighted by Crippen LogP contribution is -2.17. The van der Waals surface area contributed by atoms with Crippen LogP contribution in [0.15, 0.2) is 42.1 Å². The lowest BCUT2D eigenvalue weighted by Gasteiger charge is -2.12. The Labute approximate surface area is 225 Å². The molecule has 0 saturated heterocycles. The molecular weight excluding hydrogens is 508 g/mol. The number of methoxy groups -OCH3 is 1. The minimum absolute atomic E-state index is 0.125. The molecule has 0 fully saturated rings. The standard InChI is InChI=1S/C27H32N4O4S2/c1-5-14-31-24(18-10-12-19(13-11-18)35-15-17(2)3)29-30-27(31)36-16-22(32)28-25-23(26(33)34-4)20-8-6-7-9-21(20)37-25/h5,10-13,17H,1,6-9,14-16H2,2-4H3,(H,28,32). The van der Waals surface area contributed by atoms with Crippen molar-refractivity contribution in [2.45, 2.75) is 51.2 Å². The topological polar surface area (TPSA) is 95.3 Å². The Balaban J connectivity index is 1.46. The number of carbonyl (C=O) groups excluding carboxylic acids is 2. The molecule has 37 heavy (non-hydrogen) atoms. The minimum atomic E-state index is -0.404. The van der Waals surface area contributed by atoms with Gasteiger partial charge in [-0.15, -0.1) is 28.1 Å². The molecule has 1 aliphatic carbocycles. The minimum Gasteiger partial charge on any atom is -0.493 e. The van der Waals surface area contributed by atoms with Crippen molar-refractivity contribution in [2.24, 2.45) is 5.92 Å². The highest BCUT2D eigenvalue weighted by molar-refractivity contribution is 7.99. The van der Waals surface area contributed by atoms with Crippen LogP contribution in [-0.4, -0.2) is 46.1 Å². The molecule has 0 saturated carbocycles. The van der Waals surface area contributed by atoms with Gasteiger partial charge in [0.15, 0.2) is 11.0 Å². The molecule has 0 spiro atoms. The summed E-state index contributed by atoms with van der Waals surface area (Å²) in [6.07, 6.45) is 5.65. The van der Waals surface area contributed by atoms with Gasteiger partial charge in [0, 0.05) is 17.0 Å². The van der Waals surface area contributed by atoms with Crippen LogP contribution >= 0.6 is 23.1 Å². The predicted octanol–water partition coefficient (Wildman–Crippen LogP) is 5.62. The highest BCUT2D eigenvalue weighted by Gasteiger charge is 2.27. The fraction of sp³-hybridized carbons (Fsp3) is 0.407. The van der Waals surface area contributed by atoms with Crippen molar-refractivity contribution >= 4 is 40.0 Å². The van der Waals surface area contributed by atoms with Crippen molar-refractivity contribution in [1.29, 1.82) is 0 Å². The van der Waals surface area contributed by atoms with Gasteiger partial charge in [-0.05, 0) is 61.4 Å². The first-order valence-electron chi connectivity index (χ1n) is 12.3. The number of rotatable bonds is 11. The van der Waals surface area contributed by atoms with E-state index in [9.17, 15) is 9.59 Å². The number of esters is 1. The molecule has 1 aliphatic rings. The van der Waals surface area contributed by atoms with E-state index in [1.807, 2.05) is 28.8 Å². The van der Waals surface area contributed by atoms with Gasteiger partial charge in [-0.3, -0.25) is 9.36 Å². The van der Waals surface area contributed by atoms with Gasteiger partial charge in [0.25, 0.3) is 0 Å². The first-order chi connectivity index (χ1) is 17.9.